The minimum Gasteiger partial charge on any atom is -0.479 e. The molecule has 0 bridgehead atoms. The van der Waals surface area contributed by atoms with Crippen LogP contribution < -0.4 is 4.72 Å². The van der Waals surface area contributed by atoms with Crippen LogP contribution in [0.2, 0.25) is 0 Å². The van der Waals surface area contributed by atoms with Gasteiger partial charge in [-0.1, -0.05) is 0 Å². The summed E-state index contributed by atoms with van der Waals surface area (Å²) >= 11 is 0.758. The number of aliphatic carboxylic acids is 1. The second kappa shape index (κ2) is 5.03. The van der Waals surface area contributed by atoms with Gasteiger partial charge in [0.05, 0.1) is 6.54 Å². The van der Waals surface area contributed by atoms with Crippen LogP contribution in [0.1, 0.15) is 11.8 Å². The minimum atomic E-state index is -3.92. The van der Waals surface area contributed by atoms with Gasteiger partial charge in [0.1, 0.15) is 15.2 Å². The van der Waals surface area contributed by atoms with Gasteiger partial charge in [0.2, 0.25) is 10.0 Å². The molecule has 0 aliphatic carbocycles. The van der Waals surface area contributed by atoms with Gasteiger partial charge in [-0.3, -0.25) is 0 Å². The van der Waals surface area contributed by atoms with Crippen LogP contribution in [0.15, 0.2) is 16.3 Å². The summed E-state index contributed by atoms with van der Waals surface area (Å²) in [6, 6.07) is 4.37. The Morgan fingerprint density at radius 2 is 2.22 bits per heavy atom. The zero-order chi connectivity index (χ0) is 14.0. The van der Waals surface area contributed by atoms with Gasteiger partial charge >= 0.3 is 5.97 Å². The predicted molar refractivity (Wildman–Crippen MR) is 62.5 cm³/mol. The highest BCUT2D eigenvalue weighted by molar-refractivity contribution is 7.91. The van der Waals surface area contributed by atoms with E-state index in [9.17, 15) is 18.3 Å². The van der Waals surface area contributed by atoms with E-state index in [0.717, 1.165) is 18.3 Å². The van der Waals surface area contributed by atoms with E-state index < -0.39 is 28.1 Å². The number of carboxylic acid groups (broad SMARTS) is 1. The molecule has 1 atom stereocenters. The molecule has 0 aliphatic rings. The third kappa shape index (κ3) is 3.27. The lowest BCUT2D eigenvalue weighted by Gasteiger charge is -2.17. The minimum absolute atomic E-state index is 0.111. The highest BCUT2D eigenvalue weighted by Crippen LogP contribution is 2.20. The molecule has 0 saturated carbocycles. The number of hydrogen-bond donors (Lipinski definition) is 3. The van der Waals surface area contributed by atoms with Crippen molar-refractivity contribution in [1.29, 1.82) is 5.26 Å². The van der Waals surface area contributed by atoms with E-state index in [1.165, 1.54) is 12.1 Å². The average Bonchev–Trinajstić information content (AvgIpc) is 2.75. The Morgan fingerprint density at radius 1 is 1.61 bits per heavy atom. The van der Waals surface area contributed by atoms with Crippen molar-refractivity contribution in [3.8, 4) is 6.07 Å². The molecule has 1 rings (SSSR count). The van der Waals surface area contributed by atoms with Crippen LogP contribution in [-0.4, -0.2) is 36.7 Å². The molecule has 0 radical (unpaired) electrons. The van der Waals surface area contributed by atoms with Gasteiger partial charge in [-0.25, -0.2) is 17.9 Å². The highest BCUT2D eigenvalue weighted by atomic mass is 32.2. The molecule has 0 saturated heterocycles. The lowest BCUT2D eigenvalue weighted by molar-refractivity contribution is -0.155. The third-order valence-electron chi connectivity index (χ3n) is 2.02. The molecule has 1 unspecified atom stereocenters. The van der Waals surface area contributed by atoms with Crippen molar-refractivity contribution in [2.24, 2.45) is 0 Å². The van der Waals surface area contributed by atoms with Crippen molar-refractivity contribution in [3.05, 3.63) is 17.0 Å². The second-order valence-corrected chi connectivity index (χ2v) is 6.71. The van der Waals surface area contributed by atoms with Gasteiger partial charge in [-0.05, 0) is 19.1 Å². The first-order chi connectivity index (χ1) is 8.19. The van der Waals surface area contributed by atoms with E-state index in [0.29, 0.717) is 0 Å². The standard InChI is InChI=1S/C9H10N2O5S2/c1-9(14,8(12)13)5-11-18(15,16)7-3-2-6(4-10)17-7/h2-3,11,14H,5H2,1H3,(H,12,13). The van der Waals surface area contributed by atoms with Crippen molar-refractivity contribution in [2.75, 3.05) is 6.54 Å². The van der Waals surface area contributed by atoms with Gasteiger partial charge in [-0.2, -0.15) is 5.26 Å². The molecule has 7 nitrogen and oxygen atoms in total. The fourth-order valence-electron chi connectivity index (χ4n) is 0.907. The maximum atomic E-state index is 11.7. The van der Waals surface area contributed by atoms with E-state index in [-0.39, 0.29) is 9.09 Å². The Bertz CT molecular complexity index is 597. The first-order valence-corrected chi connectivity index (χ1v) is 6.94. The maximum absolute atomic E-state index is 11.7. The average molecular weight is 290 g/mol. The van der Waals surface area contributed by atoms with E-state index >= 15 is 0 Å². The van der Waals surface area contributed by atoms with Gasteiger partial charge in [0.15, 0.2) is 5.60 Å². The first kappa shape index (κ1) is 14.6. The van der Waals surface area contributed by atoms with Crippen LogP contribution in [0, 0.1) is 11.3 Å². The van der Waals surface area contributed by atoms with Crippen LogP contribution in [0.25, 0.3) is 0 Å². The number of thiophene rings is 1. The Kier molecular flexibility index (Phi) is 4.08. The molecule has 0 amide bonds. The molecule has 0 aliphatic heterocycles. The van der Waals surface area contributed by atoms with Gasteiger partial charge in [0.25, 0.3) is 0 Å². The number of nitrogens with zero attached hydrogens (tertiary/aromatic N) is 1. The lowest BCUT2D eigenvalue weighted by Crippen LogP contribution is -2.46. The Labute approximate surface area is 107 Å². The molecule has 3 N–H and O–H groups in total. The topological polar surface area (TPSA) is 127 Å². The largest absolute Gasteiger partial charge is 0.479 e. The lowest BCUT2D eigenvalue weighted by atomic mass is 10.1. The van der Waals surface area contributed by atoms with Crippen LogP contribution in [0.5, 0.6) is 0 Å². The molecular weight excluding hydrogens is 280 g/mol. The van der Waals surface area contributed by atoms with E-state index in [4.69, 9.17) is 10.4 Å². The number of hydrogen-bond acceptors (Lipinski definition) is 6. The summed E-state index contributed by atoms with van der Waals surface area (Å²) in [6.45, 7) is 0.317. The molecule has 1 heterocycles. The molecule has 18 heavy (non-hydrogen) atoms. The van der Waals surface area contributed by atoms with E-state index in [1.54, 1.807) is 6.07 Å². The molecule has 98 valence electrons. The molecule has 1 aromatic heterocycles. The Morgan fingerprint density at radius 3 is 2.67 bits per heavy atom. The number of nitrogens with one attached hydrogen (secondary N) is 1. The van der Waals surface area contributed by atoms with Crippen LogP contribution in [0.4, 0.5) is 0 Å². The quantitative estimate of drug-likeness (QED) is 0.685. The summed E-state index contributed by atoms with van der Waals surface area (Å²) in [6.07, 6.45) is 0. The number of carboxylic acids is 1. The zero-order valence-corrected chi connectivity index (χ0v) is 10.9. The maximum Gasteiger partial charge on any atom is 0.336 e. The molecule has 1 aromatic rings. The smallest absolute Gasteiger partial charge is 0.336 e. The third-order valence-corrected chi connectivity index (χ3v) is 4.91. The predicted octanol–water partition coefficient (Wildman–Crippen LogP) is -0.266. The van der Waals surface area contributed by atoms with E-state index in [1.807, 2.05) is 4.72 Å². The Balaban J connectivity index is 2.84. The molecule has 0 aromatic carbocycles. The van der Waals surface area contributed by atoms with Crippen molar-refractivity contribution in [3.63, 3.8) is 0 Å². The summed E-state index contributed by atoms with van der Waals surface area (Å²) in [5.74, 6) is -1.53. The number of sulfonamides is 1. The fraction of sp³-hybridized carbons (Fsp3) is 0.333. The SMILES string of the molecule is CC(O)(CNS(=O)(=O)c1ccc(C#N)s1)C(=O)O. The van der Waals surface area contributed by atoms with Crippen molar-refractivity contribution in [1.82, 2.24) is 4.72 Å². The van der Waals surface area contributed by atoms with Gasteiger partial charge < -0.3 is 10.2 Å². The fourth-order valence-corrected chi connectivity index (χ4v) is 3.19. The monoisotopic (exact) mass is 290 g/mol. The summed E-state index contributed by atoms with van der Waals surface area (Å²) in [5, 5.41) is 26.6. The number of carbonyl (C=O) groups is 1. The molecular formula is C9H10N2O5S2. The Hall–Kier alpha value is -1.47. The van der Waals surface area contributed by atoms with Crippen LogP contribution >= 0.6 is 11.3 Å². The number of aliphatic hydroxyl groups is 1. The zero-order valence-electron chi connectivity index (χ0n) is 9.24. The summed E-state index contributed by atoms with van der Waals surface area (Å²) in [7, 11) is -3.92. The molecule has 0 spiro atoms. The van der Waals surface area contributed by atoms with Crippen molar-refractivity contribution < 1.29 is 23.4 Å². The van der Waals surface area contributed by atoms with Gasteiger partial charge in [-0.15, -0.1) is 11.3 Å². The summed E-state index contributed by atoms with van der Waals surface area (Å²) < 4.78 is 25.3. The summed E-state index contributed by atoms with van der Waals surface area (Å²) in [5.41, 5.74) is -2.19. The summed E-state index contributed by atoms with van der Waals surface area (Å²) in [4.78, 5) is 10.8. The van der Waals surface area contributed by atoms with Crippen molar-refractivity contribution >= 4 is 27.3 Å². The first-order valence-electron chi connectivity index (χ1n) is 4.64. The van der Waals surface area contributed by atoms with Crippen LogP contribution in [-0.2, 0) is 14.8 Å². The normalized spacial score (nSPS) is 14.7. The van der Waals surface area contributed by atoms with Crippen molar-refractivity contribution in [2.45, 2.75) is 16.7 Å². The van der Waals surface area contributed by atoms with E-state index in [2.05, 4.69) is 0 Å². The molecule has 0 fully saturated rings. The second-order valence-electron chi connectivity index (χ2n) is 3.63. The van der Waals surface area contributed by atoms with Gasteiger partial charge in [0, 0.05) is 0 Å². The number of nitriles is 1. The molecule has 9 heteroatoms. The highest BCUT2D eigenvalue weighted by Gasteiger charge is 2.32. The van der Waals surface area contributed by atoms with Crippen LogP contribution in [0.3, 0.4) is 0 Å². The number of rotatable bonds is 5.